The van der Waals surface area contributed by atoms with E-state index in [2.05, 4.69) is 0 Å². The van der Waals surface area contributed by atoms with Crippen LogP contribution in [-0.2, 0) is 28.2 Å². The minimum Gasteiger partial charge on any atom is -0.496 e. The van der Waals surface area contributed by atoms with Crippen LogP contribution in [0.1, 0.15) is 33.3 Å². The molecule has 1 aliphatic heterocycles. The first-order valence-corrected chi connectivity index (χ1v) is 14.1. The fraction of sp³-hybridized carbons (Fsp3) is 0.259. The van der Waals surface area contributed by atoms with E-state index in [9.17, 15) is 18.8 Å². The predicted molar refractivity (Wildman–Crippen MR) is 149 cm³/mol. The van der Waals surface area contributed by atoms with E-state index in [1.807, 2.05) is 0 Å². The van der Waals surface area contributed by atoms with Crippen LogP contribution in [0.3, 0.4) is 0 Å². The summed E-state index contributed by atoms with van der Waals surface area (Å²) in [5.41, 5.74) is 2.02. The summed E-state index contributed by atoms with van der Waals surface area (Å²) >= 11 is 8.75. The highest BCUT2D eigenvalue weighted by Gasteiger charge is 2.27. The van der Waals surface area contributed by atoms with Gasteiger partial charge in [0.25, 0.3) is 5.56 Å². The highest BCUT2D eigenvalue weighted by Crippen LogP contribution is 2.36. The number of thiophene rings is 1. The monoisotopic (exact) mass is 587 g/mol. The zero-order valence-corrected chi connectivity index (χ0v) is 23.6. The Morgan fingerprint density at radius 1 is 1.21 bits per heavy atom. The number of hydrogen-bond donors (Lipinski definition) is 0. The van der Waals surface area contributed by atoms with Crippen LogP contribution in [0.5, 0.6) is 5.75 Å². The molecule has 0 saturated carbocycles. The molecule has 0 atom stereocenters. The van der Waals surface area contributed by atoms with Gasteiger partial charge in [-0.1, -0.05) is 23.4 Å². The van der Waals surface area contributed by atoms with Crippen molar-refractivity contribution in [1.29, 1.82) is 0 Å². The van der Waals surface area contributed by atoms with E-state index in [0.717, 1.165) is 10.4 Å². The number of thioether (sulfide) groups is 1. The van der Waals surface area contributed by atoms with Gasteiger partial charge in [0.05, 0.1) is 42.4 Å². The summed E-state index contributed by atoms with van der Waals surface area (Å²) in [7, 11) is 2.84. The van der Waals surface area contributed by atoms with Crippen molar-refractivity contribution < 1.29 is 23.5 Å². The number of fused-ring (bicyclic) bond motifs is 3. The Kier molecular flexibility index (Phi) is 7.66. The van der Waals surface area contributed by atoms with Crippen LogP contribution >= 0.6 is 34.7 Å². The first-order valence-electron chi connectivity index (χ1n) is 11.9. The number of esters is 1. The van der Waals surface area contributed by atoms with Gasteiger partial charge in [-0.3, -0.25) is 14.2 Å². The Morgan fingerprint density at radius 2 is 2.00 bits per heavy atom. The van der Waals surface area contributed by atoms with Gasteiger partial charge in [0.2, 0.25) is 5.91 Å². The molecule has 4 aromatic rings. The SMILES string of the molecule is COC(=O)c1ccc(OC)c(CSc2nc3sc4c(c3c(=O)n2-c2ccc(F)c(Cl)c2)CCN(C(C)=O)C4)c1. The number of ether oxygens (including phenoxy) is 2. The maximum absolute atomic E-state index is 14.0. The van der Waals surface area contributed by atoms with E-state index in [1.54, 1.807) is 23.1 Å². The lowest BCUT2D eigenvalue weighted by atomic mass is 10.1. The van der Waals surface area contributed by atoms with Crippen molar-refractivity contribution in [2.45, 2.75) is 30.8 Å². The third-order valence-electron chi connectivity index (χ3n) is 6.51. The minimum absolute atomic E-state index is 0.0243. The first-order chi connectivity index (χ1) is 18.7. The molecule has 0 saturated heterocycles. The second kappa shape index (κ2) is 11.0. The van der Waals surface area contributed by atoms with Gasteiger partial charge in [-0.05, 0) is 48.4 Å². The smallest absolute Gasteiger partial charge is 0.337 e. The molecule has 12 heteroatoms. The van der Waals surface area contributed by atoms with Crippen LogP contribution in [0.2, 0.25) is 5.02 Å². The predicted octanol–water partition coefficient (Wildman–Crippen LogP) is 5.23. The van der Waals surface area contributed by atoms with Gasteiger partial charge in [0.15, 0.2) is 5.16 Å². The van der Waals surface area contributed by atoms with Crippen molar-refractivity contribution in [3.8, 4) is 11.4 Å². The second-order valence-corrected chi connectivity index (χ2v) is 11.2. The molecule has 0 aliphatic carbocycles. The van der Waals surface area contributed by atoms with Crippen LogP contribution in [0, 0.1) is 5.82 Å². The zero-order valence-electron chi connectivity index (χ0n) is 21.2. The van der Waals surface area contributed by atoms with Crippen molar-refractivity contribution >= 4 is 56.8 Å². The maximum atomic E-state index is 14.0. The largest absolute Gasteiger partial charge is 0.496 e. The Balaban J connectivity index is 1.64. The number of hydrogen-bond acceptors (Lipinski definition) is 8. The van der Waals surface area contributed by atoms with Crippen LogP contribution in [-0.4, -0.2) is 47.1 Å². The van der Waals surface area contributed by atoms with Crippen molar-refractivity contribution in [2.75, 3.05) is 20.8 Å². The number of rotatable bonds is 6. The molecular weight excluding hydrogens is 565 g/mol. The molecule has 0 unspecified atom stereocenters. The number of aromatic nitrogens is 2. The van der Waals surface area contributed by atoms with E-state index in [-0.39, 0.29) is 16.5 Å². The molecule has 2 aromatic carbocycles. The normalized spacial score (nSPS) is 12.9. The molecule has 0 fully saturated rings. The average molecular weight is 588 g/mol. The van der Waals surface area contributed by atoms with E-state index in [4.69, 9.17) is 26.1 Å². The Hall–Kier alpha value is -3.41. The van der Waals surface area contributed by atoms with Gasteiger partial charge < -0.3 is 14.4 Å². The summed E-state index contributed by atoms with van der Waals surface area (Å²) in [5, 5.41) is 0.739. The van der Waals surface area contributed by atoms with Crippen molar-refractivity contribution in [1.82, 2.24) is 14.5 Å². The van der Waals surface area contributed by atoms with Crippen molar-refractivity contribution in [2.24, 2.45) is 0 Å². The third kappa shape index (κ3) is 5.13. The average Bonchev–Trinajstić information content (AvgIpc) is 3.30. The van der Waals surface area contributed by atoms with Crippen LogP contribution in [0.15, 0.2) is 46.3 Å². The van der Waals surface area contributed by atoms with Gasteiger partial charge in [0.1, 0.15) is 16.4 Å². The molecule has 0 bridgehead atoms. The Labute approximate surface area is 236 Å². The fourth-order valence-electron chi connectivity index (χ4n) is 4.52. The minimum atomic E-state index is -0.599. The Bertz CT molecular complexity index is 1690. The summed E-state index contributed by atoms with van der Waals surface area (Å²) in [4.78, 5) is 46.2. The van der Waals surface area contributed by atoms with E-state index in [0.29, 0.717) is 63.2 Å². The molecular formula is C27H23ClFN3O5S2. The number of nitrogens with zero attached hydrogens (tertiary/aromatic N) is 3. The summed E-state index contributed by atoms with van der Waals surface area (Å²) < 4.78 is 25.8. The highest BCUT2D eigenvalue weighted by atomic mass is 35.5. The van der Waals surface area contributed by atoms with Gasteiger partial charge in [-0.15, -0.1) is 11.3 Å². The van der Waals surface area contributed by atoms with Crippen molar-refractivity contribution in [3.63, 3.8) is 0 Å². The zero-order chi connectivity index (χ0) is 27.8. The second-order valence-electron chi connectivity index (χ2n) is 8.81. The van der Waals surface area contributed by atoms with Crippen molar-refractivity contribution in [3.05, 3.63) is 79.2 Å². The first kappa shape index (κ1) is 27.2. The van der Waals surface area contributed by atoms with E-state index in [1.165, 1.54) is 67.0 Å². The molecule has 3 heterocycles. The fourth-order valence-corrected chi connectivity index (χ4v) is 6.96. The summed E-state index contributed by atoms with van der Waals surface area (Å²) in [6.45, 7) is 2.47. The number of benzene rings is 2. The molecule has 202 valence electrons. The molecule has 0 spiro atoms. The Morgan fingerprint density at radius 3 is 2.69 bits per heavy atom. The molecule has 1 amide bonds. The van der Waals surface area contributed by atoms with Crippen LogP contribution in [0.25, 0.3) is 15.9 Å². The lowest BCUT2D eigenvalue weighted by Crippen LogP contribution is -2.34. The van der Waals surface area contributed by atoms with E-state index >= 15 is 0 Å². The maximum Gasteiger partial charge on any atom is 0.337 e. The summed E-state index contributed by atoms with van der Waals surface area (Å²) in [5.74, 6) is -0.234. The molecule has 8 nitrogen and oxygen atoms in total. The molecule has 0 N–H and O–H groups in total. The number of amides is 1. The van der Waals surface area contributed by atoms with Gasteiger partial charge in [0, 0.05) is 29.7 Å². The lowest BCUT2D eigenvalue weighted by Gasteiger charge is -2.25. The molecule has 2 aromatic heterocycles. The highest BCUT2D eigenvalue weighted by molar-refractivity contribution is 7.98. The molecule has 5 rings (SSSR count). The van der Waals surface area contributed by atoms with Gasteiger partial charge >= 0.3 is 5.97 Å². The lowest BCUT2D eigenvalue weighted by molar-refractivity contribution is -0.129. The summed E-state index contributed by atoms with van der Waals surface area (Å²) in [6.07, 6.45) is 0.542. The van der Waals surface area contributed by atoms with Gasteiger partial charge in [-0.25, -0.2) is 14.2 Å². The number of halogens is 2. The van der Waals surface area contributed by atoms with Gasteiger partial charge in [-0.2, -0.15) is 0 Å². The third-order valence-corrected chi connectivity index (χ3v) is 8.90. The number of carbonyl (C=O) groups is 2. The molecule has 1 aliphatic rings. The molecule has 39 heavy (non-hydrogen) atoms. The van der Waals surface area contributed by atoms with Crippen LogP contribution < -0.4 is 10.3 Å². The quantitative estimate of drug-likeness (QED) is 0.173. The van der Waals surface area contributed by atoms with Crippen LogP contribution in [0.4, 0.5) is 4.39 Å². The standard InChI is InChI=1S/C27H23ClFN3O5S2/c1-14(33)31-9-8-18-22(12-31)39-24-23(18)25(34)32(17-5-6-20(29)19(28)11-17)27(30-24)38-13-16-10-15(26(35)37-3)4-7-21(16)36-2/h4-7,10-11H,8-9,12-13H2,1-3H3. The topological polar surface area (TPSA) is 90.7 Å². The number of methoxy groups -OCH3 is 2. The van der Waals surface area contributed by atoms with E-state index < -0.39 is 11.8 Å². The number of carbonyl (C=O) groups excluding carboxylic acids is 2. The molecule has 0 radical (unpaired) electrons. The summed E-state index contributed by atoms with van der Waals surface area (Å²) in [6, 6.07) is 9.05.